The number of primary amides is 1. The fraction of sp³-hybridized carbons (Fsp3) is 0.167. The van der Waals surface area contributed by atoms with Crippen molar-refractivity contribution >= 4 is 34.7 Å². The van der Waals surface area contributed by atoms with Crippen LogP contribution in [-0.4, -0.2) is 26.9 Å². The molecule has 1 aromatic heterocycles. The number of carbonyl (C=O) groups is 2. The Morgan fingerprint density at radius 1 is 1.69 bits per heavy atom. The predicted molar refractivity (Wildman–Crippen MR) is 53.6 cm³/mol. The van der Waals surface area contributed by atoms with Crippen molar-refractivity contribution in [3.63, 3.8) is 0 Å². The van der Waals surface area contributed by atoms with E-state index in [-0.39, 0.29) is 17.3 Å². The Labute approximate surface area is 88.0 Å². The second-order valence-electron chi connectivity index (χ2n) is 2.22. The van der Waals surface area contributed by atoms with Crippen LogP contribution < -0.4 is 11.1 Å². The van der Waals surface area contributed by atoms with Crippen LogP contribution in [0.4, 0.5) is 0 Å². The quantitative estimate of drug-likeness (QED) is 0.723. The van der Waals surface area contributed by atoms with Gasteiger partial charge in [-0.05, 0) is 0 Å². The lowest BCUT2D eigenvalue weighted by Crippen LogP contribution is -2.19. The number of hydrogen-bond donors (Lipinski definition) is 2. The third-order valence-corrected chi connectivity index (χ3v) is 2.12. The van der Waals surface area contributed by atoms with Crippen molar-refractivity contribution in [2.75, 3.05) is 7.05 Å². The zero-order valence-corrected chi connectivity index (χ0v) is 8.90. The molecule has 1 rings (SSSR count). The Bertz CT molecular complexity index is 360. The minimum Gasteiger partial charge on any atom is -0.364 e. The molecule has 6 nitrogen and oxygen atoms in total. The van der Waals surface area contributed by atoms with Crippen molar-refractivity contribution < 1.29 is 9.59 Å². The van der Waals surface area contributed by atoms with E-state index in [1.54, 1.807) is 22.9 Å². The van der Waals surface area contributed by atoms with Crippen LogP contribution in [0.15, 0.2) is 6.07 Å². The van der Waals surface area contributed by atoms with Gasteiger partial charge in [0.15, 0.2) is 5.69 Å². The molecule has 0 aliphatic heterocycles. The van der Waals surface area contributed by atoms with Crippen LogP contribution in [-0.2, 0) is 0 Å². The number of rotatable bonds is 2. The van der Waals surface area contributed by atoms with Crippen LogP contribution in [0.5, 0.6) is 0 Å². The number of nitrogens with two attached hydrogens (primary N) is 1. The van der Waals surface area contributed by atoms with Crippen molar-refractivity contribution in [3.8, 4) is 0 Å². The number of carbonyl (C=O) groups excluding carboxylic acids is 2. The summed E-state index contributed by atoms with van der Waals surface area (Å²) in [5.74, 6) is -0.963. The molecule has 7 heteroatoms. The summed E-state index contributed by atoms with van der Waals surface area (Å²) in [6.45, 7) is 0. The molecule has 0 aliphatic carbocycles. The Balaban J connectivity index is 3.10. The highest BCUT2D eigenvalue weighted by atomic mass is 127. The van der Waals surface area contributed by atoms with E-state index in [0.717, 1.165) is 0 Å². The highest BCUT2D eigenvalue weighted by Crippen LogP contribution is 2.06. The fourth-order valence-electron chi connectivity index (χ4n) is 0.758. The lowest BCUT2D eigenvalue weighted by atomic mass is 10.3. The number of aromatic nitrogens is 2. The van der Waals surface area contributed by atoms with Crippen LogP contribution in [0.1, 0.15) is 21.0 Å². The molecule has 0 bridgehead atoms. The van der Waals surface area contributed by atoms with E-state index in [1.807, 2.05) is 0 Å². The maximum Gasteiger partial charge on any atom is 0.270 e. The minimum absolute atomic E-state index is 0.0769. The summed E-state index contributed by atoms with van der Waals surface area (Å²) in [7, 11) is 1.50. The van der Waals surface area contributed by atoms with Gasteiger partial charge in [0.25, 0.3) is 11.8 Å². The molecular weight excluding hydrogens is 287 g/mol. The van der Waals surface area contributed by atoms with Gasteiger partial charge in [-0.3, -0.25) is 9.59 Å². The lowest BCUT2D eigenvalue weighted by molar-refractivity contribution is 0.0956. The Hall–Kier alpha value is -1.12. The van der Waals surface area contributed by atoms with Crippen molar-refractivity contribution in [3.05, 3.63) is 17.5 Å². The van der Waals surface area contributed by atoms with Crippen LogP contribution in [0.25, 0.3) is 0 Å². The van der Waals surface area contributed by atoms with Crippen molar-refractivity contribution in [2.24, 2.45) is 5.73 Å². The molecule has 0 saturated carbocycles. The smallest absolute Gasteiger partial charge is 0.270 e. The van der Waals surface area contributed by atoms with Gasteiger partial charge in [-0.1, -0.05) is 0 Å². The number of nitrogens with one attached hydrogen (secondary N) is 1. The maximum atomic E-state index is 11.1. The summed E-state index contributed by atoms with van der Waals surface area (Å²) in [5.41, 5.74) is 5.35. The molecule has 0 spiro atoms. The van der Waals surface area contributed by atoms with E-state index in [9.17, 15) is 9.59 Å². The molecule has 13 heavy (non-hydrogen) atoms. The van der Waals surface area contributed by atoms with E-state index < -0.39 is 5.91 Å². The molecule has 0 atom stereocenters. The topological polar surface area (TPSA) is 90.0 Å². The molecule has 0 aliphatic rings. The first-order valence-electron chi connectivity index (χ1n) is 3.34. The SMILES string of the molecule is CNC(=O)c1cc(C(N)=O)nn1I. The molecule has 0 radical (unpaired) electrons. The summed E-state index contributed by atoms with van der Waals surface area (Å²) in [5, 5.41) is 6.16. The van der Waals surface area contributed by atoms with Crippen LogP contribution in [0.2, 0.25) is 0 Å². The summed E-state index contributed by atoms with van der Waals surface area (Å²) in [6.07, 6.45) is 0. The van der Waals surface area contributed by atoms with Crippen LogP contribution >= 0.6 is 22.9 Å². The lowest BCUT2D eigenvalue weighted by Gasteiger charge is -1.95. The molecule has 2 amide bonds. The molecule has 0 fully saturated rings. The molecule has 0 aromatic carbocycles. The monoisotopic (exact) mass is 294 g/mol. The third kappa shape index (κ3) is 1.97. The number of nitrogens with zero attached hydrogens (tertiary/aromatic N) is 2. The van der Waals surface area contributed by atoms with E-state index in [1.165, 1.54) is 16.0 Å². The summed E-state index contributed by atoms with van der Waals surface area (Å²) >= 11 is 1.79. The van der Waals surface area contributed by atoms with Gasteiger partial charge in [-0.2, -0.15) is 7.99 Å². The number of hydrogen-bond acceptors (Lipinski definition) is 3. The maximum absolute atomic E-state index is 11.1. The average Bonchev–Trinajstić information content (AvgIpc) is 2.46. The van der Waals surface area contributed by atoms with Gasteiger partial charge in [0.2, 0.25) is 0 Å². The first-order chi connectivity index (χ1) is 6.06. The van der Waals surface area contributed by atoms with Gasteiger partial charge in [0, 0.05) is 13.1 Å². The highest BCUT2D eigenvalue weighted by Gasteiger charge is 2.14. The van der Waals surface area contributed by atoms with Crippen LogP contribution in [0, 0.1) is 0 Å². The largest absolute Gasteiger partial charge is 0.364 e. The molecule has 70 valence electrons. The Kier molecular flexibility index (Phi) is 2.86. The van der Waals surface area contributed by atoms with Crippen LogP contribution in [0.3, 0.4) is 0 Å². The molecule has 0 unspecified atom stereocenters. The summed E-state index contributed by atoms with van der Waals surface area (Å²) in [4.78, 5) is 21.8. The first-order valence-corrected chi connectivity index (χ1v) is 4.31. The molecule has 1 aromatic rings. The Morgan fingerprint density at radius 3 is 2.69 bits per heavy atom. The molecule has 1 heterocycles. The summed E-state index contributed by atoms with van der Waals surface area (Å²) in [6, 6.07) is 1.34. The van der Waals surface area contributed by atoms with E-state index in [2.05, 4.69) is 10.4 Å². The molecule has 3 N–H and O–H groups in total. The fourth-order valence-corrected chi connectivity index (χ4v) is 1.35. The van der Waals surface area contributed by atoms with E-state index in [4.69, 9.17) is 5.73 Å². The van der Waals surface area contributed by atoms with Crippen molar-refractivity contribution in [1.29, 1.82) is 0 Å². The van der Waals surface area contributed by atoms with Gasteiger partial charge in [-0.15, -0.1) is 0 Å². The Morgan fingerprint density at radius 2 is 2.31 bits per heavy atom. The zero-order valence-electron chi connectivity index (χ0n) is 6.74. The average molecular weight is 294 g/mol. The zero-order chi connectivity index (χ0) is 10.0. The summed E-state index contributed by atoms with van der Waals surface area (Å²) < 4.78 is 1.27. The van der Waals surface area contributed by atoms with Gasteiger partial charge in [0.05, 0.1) is 22.9 Å². The standard InChI is InChI=1S/C6H7IN4O2/c1-9-6(13)4-2-3(5(8)12)10-11(4)7/h2H,1H3,(H2,8,12)(H,9,13). The number of amides is 2. The first kappa shape index (κ1) is 9.96. The normalized spacial score (nSPS) is 9.69. The molecule has 0 saturated heterocycles. The van der Waals surface area contributed by atoms with Gasteiger partial charge < -0.3 is 11.1 Å². The van der Waals surface area contributed by atoms with Gasteiger partial charge in [-0.25, -0.2) is 0 Å². The number of halogens is 1. The molecular formula is C6H7IN4O2. The van der Waals surface area contributed by atoms with Gasteiger partial charge in [0.1, 0.15) is 5.69 Å². The second kappa shape index (κ2) is 3.73. The van der Waals surface area contributed by atoms with E-state index in [0.29, 0.717) is 0 Å². The van der Waals surface area contributed by atoms with Crippen molar-refractivity contribution in [1.82, 2.24) is 13.3 Å². The van der Waals surface area contributed by atoms with E-state index >= 15 is 0 Å². The third-order valence-electron chi connectivity index (χ3n) is 1.38. The highest BCUT2D eigenvalue weighted by molar-refractivity contribution is 14.1. The van der Waals surface area contributed by atoms with Gasteiger partial charge >= 0.3 is 0 Å². The minimum atomic E-state index is -0.652. The second-order valence-corrected chi connectivity index (χ2v) is 3.13. The predicted octanol–water partition coefficient (Wildman–Crippen LogP) is -0.460. The van der Waals surface area contributed by atoms with Crippen molar-refractivity contribution in [2.45, 2.75) is 0 Å².